The number of esters is 2. The molecule has 0 spiro atoms. The summed E-state index contributed by atoms with van der Waals surface area (Å²) in [5.41, 5.74) is 0.338. The first kappa shape index (κ1) is 23.0. The Kier molecular flexibility index (Phi) is 7.78. The highest BCUT2D eigenvalue weighted by molar-refractivity contribution is 6.00. The lowest BCUT2D eigenvalue weighted by Gasteiger charge is -2.10. The van der Waals surface area contributed by atoms with Gasteiger partial charge in [0.1, 0.15) is 0 Å². The molecule has 0 aromatic heterocycles. The molecule has 0 radical (unpaired) electrons. The number of hydrogen-bond acceptors (Lipinski definition) is 8. The number of carbonyl (C=O) groups excluding carboxylic acids is 4. The Bertz CT molecular complexity index is 983. The number of carbonyl (C=O) groups is 4. The molecule has 0 aliphatic carbocycles. The number of anilines is 1. The van der Waals surface area contributed by atoms with E-state index in [0.29, 0.717) is 0 Å². The summed E-state index contributed by atoms with van der Waals surface area (Å²) in [7, 11) is 2.36. The molecule has 2 N–H and O–H groups in total. The number of nitrogens with zero attached hydrogens (tertiary/aromatic N) is 1. The lowest BCUT2D eigenvalue weighted by atomic mass is 10.1. The van der Waals surface area contributed by atoms with Crippen LogP contribution in [0.4, 0.5) is 11.4 Å². The van der Waals surface area contributed by atoms with Crippen molar-refractivity contribution in [1.82, 2.24) is 5.32 Å². The monoisotopic (exact) mass is 429 g/mol. The second-order valence-corrected chi connectivity index (χ2v) is 6.14. The van der Waals surface area contributed by atoms with Gasteiger partial charge in [0, 0.05) is 36.3 Å². The van der Waals surface area contributed by atoms with Crippen LogP contribution in [0.25, 0.3) is 0 Å². The molecular weight excluding hydrogens is 410 g/mol. The number of nitro groups is 1. The van der Waals surface area contributed by atoms with E-state index in [4.69, 9.17) is 0 Å². The van der Waals surface area contributed by atoms with E-state index in [1.807, 2.05) is 0 Å². The van der Waals surface area contributed by atoms with Crippen molar-refractivity contribution in [2.75, 3.05) is 26.1 Å². The molecule has 0 fully saturated rings. The predicted octanol–water partition coefficient (Wildman–Crippen LogP) is 1.93. The highest BCUT2D eigenvalue weighted by atomic mass is 16.6. The van der Waals surface area contributed by atoms with Crippen molar-refractivity contribution in [3.8, 4) is 0 Å². The molecule has 11 nitrogen and oxygen atoms in total. The fraction of sp³-hybridized carbons (Fsp3) is 0.200. The Labute approximate surface area is 176 Å². The number of ether oxygens (including phenoxy) is 2. The molecule has 2 aromatic rings. The standard InChI is InChI=1S/C20H19N3O8/c1-30-19(26)13-9-14(20(27)31-2)11-15(10-13)22-17(24)7-8-21-18(25)12-3-5-16(6-4-12)23(28)29/h3-6,9-11H,7-8H2,1-2H3,(H,21,25)(H,22,24). The fourth-order valence-corrected chi connectivity index (χ4v) is 2.52. The first-order valence-electron chi connectivity index (χ1n) is 8.89. The van der Waals surface area contributed by atoms with E-state index >= 15 is 0 Å². The molecule has 0 saturated carbocycles. The molecule has 2 rings (SSSR count). The molecular formula is C20H19N3O8. The first-order valence-corrected chi connectivity index (χ1v) is 8.89. The van der Waals surface area contributed by atoms with Gasteiger partial charge in [-0.2, -0.15) is 0 Å². The van der Waals surface area contributed by atoms with Crippen LogP contribution in [-0.4, -0.2) is 49.4 Å². The Morgan fingerprint density at radius 3 is 1.94 bits per heavy atom. The minimum Gasteiger partial charge on any atom is -0.465 e. The number of amides is 2. The van der Waals surface area contributed by atoms with Gasteiger partial charge in [-0.15, -0.1) is 0 Å². The molecule has 0 atom stereocenters. The number of rotatable bonds is 8. The largest absolute Gasteiger partial charge is 0.465 e. The molecule has 0 bridgehead atoms. The fourth-order valence-electron chi connectivity index (χ4n) is 2.52. The van der Waals surface area contributed by atoms with Gasteiger partial charge in [0.05, 0.1) is 30.3 Å². The van der Waals surface area contributed by atoms with Crippen molar-refractivity contribution in [3.05, 3.63) is 69.3 Å². The Morgan fingerprint density at radius 2 is 1.45 bits per heavy atom. The van der Waals surface area contributed by atoms with E-state index in [-0.39, 0.29) is 41.0 Å². The highest BCUT2D eigenvalue weighted by Gasteiger charge is 2.15. The summed E-state index contributed by atoms with van der Waals surface area (Å²) in [6.07, 6.45) is -0.102. The van der Waals surface area contributed by atoms with Gasteiger partial charge in [-0.05, 0) is 30.3 Å². The molecule has 0 aliphatic rings. The summed E-state index contributed by atoms with van der Waals surface area (Å²) in [6.45, 7) is -0.0117. The van der Waals surface area contributed by atoms with Crippen LogP contribution in [0.3, 0.4) is 0 Å². The van der Waals surface area contributed by atoms with E-state index in [1.54, 1.807) is 0 Å². The number of hydrogen-bond donors (Lipinski definition) is 2. The second kappa shape index (κ2) is 10.5. The zero-order valence-electron chi connectivity index (χ0n) is 16.7. The van der Waals surface area contributed by atoms with Crippen LogP contribution in [0.2, 0.25) is 0 Å². The minimum atomic E-state index is -0.698. The molecule has 2 amide bonds. The third-order valence-electron chi connectivity index (χ3n) is 4.04. The van der Waals surface area contributed by atoms with E-state index < -0.39 is 28.7 Å². The summed E-state index contributed by atoms with van der Waals surface area (Å²) in [4.78, 5) is 57.9. The zero-order chi connectivity index (χ0) is 23.0. The summed E-state index contributed by atoms with van der Waals surface area (Å²) >= 11 is 0. The first-order chi connectivity index (χ1) is 14.7. The molecule has 0 saturated heterocycles. The predicted molar refractivity (Wildman–Crippen MR) is 108 cm³/mol. The Balaban J connectivity index is 1.97. The second-order valence-electron chi connectivity index (χ2n) is 6.14. The summed E-state index contributed by atoms with van der Waals surface area (Å²) in [6, 6.07) is 8.97. The van der Waals surface area contributed by atoms with Crippen LogP contribution in [0.1, 0.15) is 37.5 Å². The summed E-state index contributed by atoms with van der Waals surface area (Å²) in [5, 5.41) is 15.7. The average molecular weight is 429 g/mol. The normalized spacial score (nSPS) is 10.0. The molecule has 162 valence electrons. The van der Waals surface area contributed by atoms with Gasteiger partial charge in [-0.3, -0.25) is 19.7 Å². The summed E-state index contributed by atoms with van der Waals surface area (Å²) < 4.78 is 9.26. The van der Waals surface area contributed by atoms with Crippen LogP contribution in [0.15, 0.2) is 42.5 Å². The SMILES string of the molecule is COC(=O)c1cc(NC(=O)CCNC(=O)c2ccc([N+](=O)[O-])cc2)cc(C(=O)OC)c1. The van der Waals surface area contributed by atoms with Gasteiger partial charge in [-0.25, -0.2) is 9.59 Å². The Morgan fingerprint density at radius 1 is 0.903 bits per heavy atom. The highest BCUT2D eigenvalue weighted by Crippen LogP contribution is 2.17. The average Bonchev–Trinajstić information content (AvgIpc) is 2.77. The van der Waals surface area contributed by atoms with Crippen molar-refractivity contribution in [2.45, 2.75) is 6.42 Å². The maximum atomic E-state index is 12.2. The van der Waals surface area contributed by atoms with Crippen LogP contribution >= 0.6 is 0 Å². The number of benzene rings is 2. The third-order valence-corrected chi connectivity index (χ3v) is 4.04. The van der Waals surface area contributed by atoms with Crippen molar-refractivity contribution < 1.29 is 33.6 Å². The topological polar surface area (TPSA) is 154 Å². The van der Waals surface area contributed by atoms with Gasteiger partial charge in [-0.1, -0.05) is 0 Å². The van der Waals surface area contributed by atoms with Gasteiger partial charge < -0.3 is 20.1 Å². The number of non-ortho nitro benzene ring substituents is 1. The minimum absolute atomic E-state index is 0.0117. The smallest absolute Gasteiger partial charge is 0.337 e. The van der Waals surface area contributed by atoms with Gasteiger partial charge in [0.25, 0.3) is 11.6 Å². The van der Waals surface area contributed by atoms with E-state index in [2.05, 4.69) is 20.1 Å². The quantitative estimate of drug-likeness (QED) is 0.366. The van der Waals surface area contributed by atoms with Crippen LogP contribution in [0.5, 0.6) is 0 Å². The third kappa shape index (κ3) is 6.35. The lowest BCUT2D eigenvalue weighted by molar-refractivity contribution is -0.384. The molecule has 11 heteroatoms. The van der Waals surface area contributed by atoms with Crippen molar-refractivity contribution >= 4 is 35.1 Å². The van der Waals surface area contributed by atoms with Gasteiger partial charge in [0.2, 0.25) is 5.91 Å². The molecule has 2 aromatic carbocycles. The number of nitro benzene ring substituents is 1. The zero-order valence-corrected chi connectivity index (χ0v) is 16.7. The maximum absolute atomic E-state index is 12.2. The van der Waals surface area contributed by atoms with E-state index in [0.717, 1.165) is 0 Å². The van der Waals surface area contributed by atoms with E-state index in [1.165, 1.54) is 56.7 Å². The number of nitrogens with one attached hydrogen (secondary N) is 2. The molecule has 0 unspecified atom stereocenters. The van der Waals surface area contributed by atoms with Crippen molar-refractivity contribution in [1.29, 1.82) is 0 Å². The molecule has 31 heavy (non-hydrogen) atoms. The van der Waals surface area contributed by atoms with Crippen molar-refractivity contribution in [3.63, 3.8) is 0 Å². The van der Waals surface area contributed by atoms with E-state index in [9.17, 15) is 29.3 Å². The number of methoxy groups -OCH3 is 2. The van der Waals surface area contributed by atoms with Crippen LogP contribution in [-0.2, 0) is 14.3 Å². The van der Waals surface area contributed by atoms with Gasteiger partial charge in [0.15, 0.2) is 0 Å². The van der Waals surface area contributed by atoms with Gasteiger partial charge >= 0.3 is 11.9 Å². The Hall–Kier alpha value is -4.28. The van der Waals surface area contributed by atoms with Crippen LogP contribution < -0.4 is 10.6 Å². The maximum Gasteiger partial charge on any atom is 0.337 e. The van der Waals surface area contributed by atoms with Crippen LogP contribution in [0, 0.1) is 10.1 Å². The molecule has 0 heterocycles. The van der Waals surface area contributed by atoms with Crippen molar-refractivity contribution in [2.24, 2.45) is 0 Å². The molecule has 0 aliphatic heterocycles. The lowest BCUT2D eigenvalue weighted by Crippen LogP contribution is -2.27. The summed E-state index contributed by atoms with van der Waals surface area (Å²) in [5.74, 6) is -2.38.